The second kappa shape index (κ2) is 10.5. The summed E-state index contributed by atoms with van der Waals surface area (Å²) in [4.78, 5) is 27.0. The second-order valence-electron chi connectivity index (χ2n) is 8.46. The van der Waals surface area contributed by atoms with Gasteiger partial charge in [-0.1, -0.05) is 26.2 Å². The van der Waals surface area contributed by atoms with Crippen molar-refractivity contribution in [1.29, 1.82) is 0 Å². The molecule has 0 bridgehead atoms. The Balaban J connectivity index is 0.00000243. The molecule has 6 heteroatoms. The number of carbonyl (C=O) groups excluding carboxylic acids is 2. The summed E-state index contributed by atoms with van der Waals surface area (Å²) in [7, 11) is 0. The van der Waals surface area contributed by atoms with Crippen molar-refractivity contribution < 1.29 is 9.59 Å². The van der Waals surface area contributed by atoms with Crippen molar-refractivity contribution in [2.75, 3.05) is 26.2 Å². The van der Waals surface area contributed by atoms with Gasteiger partial charge in [-0.25, -0.2) is 0 Å². The lowest BCUT2D eigenvalue weighted by atomic mass is 9.85. The van der Waals surface area contributed by atoms with Crippen LogP contribution >= 0.6 is 12.4 Å². The van der Waals surface area contributed by atoms with Gasteiger partial charge in [0.15, 0.2) is 0 Å². The number of nitrogens with one attached hydrogen (secondary N) is 2. The highest BCUT2D eigenvalue weighted by Crippen LogP contribution is 2.27. The predicted molar refractivity (Wildman–Crippen MR) is 106 cm³/mol. The number of halogens is 1. The zero-order valence-corrected chi connectivity index (χ0v) is 17.0. The van der Waals surface area contributed by atoms with Crippen LogP contribution in [0.1, 0.15) is 64.7 Å². The first kappa shape index (κ1) is 21.5. The number of hydrogen-bond acceptors (Lipinski definition) is 3. The number of likely N-dealkylation sites (tertiary alicyclic amines) is 1. The highest BCUT2D eigenvalue weighted by atomic mass is 35.5. The molecule has 2 saturated heterocycles. The van der Waals surface area contributed by atoms with Gasteiger partial charge in [0.25, 0.3) is 0 Å². The number of carbonyl (C=O) groups is 2. The number of rotatable bonds is 5. The number of amides is 2. The largest absolute Gasteiger partial charge is 0.352 e. The summed E-state index contributed by atoms with van der Waals surface area (Å²) in [6, 6.07) is 0.150. The average molecular weight is 386 g/mol. The van der Waals surface area contributed by atoms with Crippen LogP contribution in [0.4, 0.5) is 0 Å². The maximum atomic E-state index is 12.6. The molecule has 1 aliphatic carbocycles. The highest BCUT2D eigenvalue weighted by molar-refractivity contribution is 5.85. The first-order valence-electron chi connectivity index (χ1n) is 10.4. The van der Waals surface area contributed by atoms with Gasteiger partial charge >= 0.3 is 0 Å². The van der Waals surface area contributed by atoms with E-state index in [9.17, 15) is 9.59 Å². The van der Waals surface area contributed by atoms with Crippen molar-refractivity contribution >= 4 is 24.2 Å². The Morgan fingerprint density at radius 1 is 1.12 bits per heavy atom. The molecule has 150 valence electrons. The first-order valence-corrected chi connectivity index (χ1v) is 10.4. The molecule has 0 aromatic carbocycles. The molecule has 26 heavy (non-hydrogen) atoms. The minimum Gasteiger partial charge on any atom is -0.352 e. The maximum absolute atomic E-state index is 12.6. The van der Waals surface area contributed by atoms with Crippen molar-refractivity contribution in [3.8, 4) is 0 Å². The molecule has 0 aromatic heterocycles. The Labute approximate surface area is 164 Å². The SMILES string of the molecule is CC(CC(=O)NC1CCN(C(=O)C2CCCCC2)C1)C1CCCNC1.Cl. The van der Waals surface area contributed by atoms with Crippen molar-refractivity contribution in [2.45, 2.75) is 70.8 Å². The summed E-state index contributed by atoms with van der Waals surface area (Å²) >= 11 is 0. The molecular weight excluding hydrogens is 350 g/mol. The summed E-state index contributed by atoms with van der Waals surface area (Å²) in [5.74, 6) is 1.77. The first-order chi connectivity index (χ1) is 12.1. The molecule has 3 atom stereocenters. The minimum atomic E-state index is 0. The summed E-state index contributed by atoms with van der Waals surface area (Å²) in [6.45, 7) is 5.87. The third kappa shape index (κ3) is 5.85. The van der Waals surface area contributed by atoms with Crippen molar-refractivity contribution in [3.05, 3.63) is 0 Å². The van der Waals surface area contributed by atoms with E-state index >= 15 is 0 Å². The van der Waals surface area contributed by atoms with Crippen LogP contribution in [0.2, 0.25) is 0 Å². The van der Waals surface area contributed by atoms with Gasteiger partial charge in [0, 0.05) is 31.5 Å². The molecule has 0 spiro atoms. The van der Waals surface area contributed by atoms with E-state index < -0.39 is 0 Å². The fourth-order valence-electron chi connectivity index (χ4n) is 4.80. The van der Waals surface area contributed by atoms with Gasteiger partial charge in [-0.2, -0.15) is 0 Å². The van der Waals surface area contributed by atoms with Gasteiger partial charge in [0.2, 0.25) is 11.8 Å². The van der Waals surface area contributed by atoms with Gasteiger partial charge in [-0.05, 0) is 57.0 Å². The standard InChI is InChI=1S/C20H35N3O2.ClH/c1-15(17-8-5-10-21-13-17)12-19(24)22-18-9-11-23(14-18)20(25)16-6-3-2-4-7-16;/h15-18,21H,2-14H2,1H3,(H,22,24);1H. The van der Waals surface area contributed by atoms with E-state index in [2.05, 4.69) is 17.6 Å². The predicted octanol–water partition coefficient (Wildman–Crippen LogP) is 2.73. The van der Waals surface area contributed by atoms with Gasteiger partial charge in [-0.15, -0.1) is 12.4 Å². The molecule has 2 amide bonds. The van der Waals surface area contributed by atoms with Crippen LogP contribution in [-0.4, -0.2) is 48.9 Å². The topological polar surface area (TPSA) is 61.4 Å². The monoisotopic (exact) mass is 385 g/mol. The highest BCUT2D eigenvalue weighted by Gasteiger charge is 2.32. The number of hydrogen-bond donors (Lipinski definition) is 2. The third-order valence-corrected chi connectivity index (χ3v) is 6.47. The van der Waals surface area contributed by atoms with E-state index in [1.54, 1.807) is 0 Å². The molecule has 3 fully saturated rings. The fourth-order valence-corrected chi connectivity index (χ4v) is 4.80. The van der Waals surface area contributed by atoms with Gasteiger partial charge in [-0.3, -0.25) is 9.59 Å². The molecule has 3 unspecified atom stereocenters. The van der Waals surface area contributed by atoms with Crippen LogP contribution in [0.15, 0.2) is 0 Å². The smallest absolute Gasteiger partial charge is 0.225 e. The van der Waals surface area contributed by atoms with E-state index in [-0.39, 0.29) is 30.3 Å². The molecule has 0 radical (unpaired) electrons. The zero-order valence-electron chi connectivity index (χ0n) is 16.2. The summed E-state index contributed by atoms with van der Waals surface area (Å²) in [6.07, 6.45) is 9.74. The Morgan fingerprint density at radius 2 is 1.88 bits per heavy atom. The van der Waals surface area contributed by atoms with E-state index in [1.807, 2.05) is 4.90 Å². The molecular formula is C20H36ClN3O2. The lowest BCUT2D eigenvalue weighted by molar-refractivity contribution is -0.135. The molecule has 0 aromatic rings. The molecule has 3 aliphatic rings. The second-order valence-corrected chi connectivity index (χ2v) is 8.46. The Kier molecular flexibility index (Phi) is 8.68. The fraction of sp³-hybridized carbons (Fsp3) is 0.900. The minimum absolute atomic E-state index is 0. The molecule has 3 rings (SSSR count). The van der Waals surface area contributed by atoms with Crippen molar-refractivity contribution in [3.63, 3.8) is 0 Å². The third-order valence-electron chi connectivity index (χ3n) is 6.47. The van der Waals surface area contributed by atoms with Crippen molar-refractivity contribution in [1.82, 2.24) is 15.5 Å². The van der Waals surface area contributed by atoms with Gasteiger partial charge in [0.05, 0.1) is 0 Å². The van der Waals surface area contributed by atoms with Crippen LogP contribution in [-0.2, 0) is 9.59 Å². The summed E-state index contributed by atoms with van der Waals surface area (Å²) in [5.41, 5.74) is 0. The summed E-state index contributed by atoms with van der Waals surface area (Å²) in [5, 5.41) is 6.62. The quantitative estimate of drug-likeness (QED) is 0.764. The van der Waals surface area contributed by atoms with E-state index in [0.717, 1.165) is 38.9 Å². The van der Waals surface area contributed by atoms with E-state index in [1.165, 1.54) is 32.1 Å². The van der Waals surface area contributed by atoms with Crippen LogP contribution in [0.5, 0.6) is 0 Å². The van der Waals surface area contributed by atoms with Crippen LogP contribution < -0.4 is 10.6 Å². The molecule has 2 heterocycles. The normalized spacial score (nSPS) is 28.3. The van der Waals surface area contributed by atoms with Gasteiger partial charge < -0.3 is 15.5 Å². The average Bonchev–Trinajstić information content (AvgIpc) is 3.10. The lowest BCUT2D eigenvalue weighted by Crippen LogP contribution is -2.41. The Morgan fingerprint density at radius 3 is 2.58 bits per heavy atom. The van der Waals surface area contributed by atoms with Crippen molar-refractivity contribution in [2.24, 2.45) is 17.8 Å². The Hall–Kier alpha value is -0.810. The molecule has 2 aliphatic heterocycles. The van der Waals surface area contributed by atoms with E-state index in [0.29, 0.717) is 30.7 Å². The maximum Gasteiger partial charge on any atom is 0.225 e. The van der Waals surface area contributed by atoms with E-state index in [4.69, 9.17) is 0 Å². The molecule has 1 saturated carbocycles. The Bertz CT molecular complexity index is 462. The van der Waals surface area contributed by atoms with Crippen LogP contribution in [0.25, 0.3) is 0 Å². The zero-order chi connectivity index (χ0) is 17.6. The molecule has 2 N–H and O–H groups in total. The van der Waals surface area contributed by atoms with Crippen LogP contribution in [0.3, 0.4) is 0 Å². The lowest BCUT2D eigenvalue weighted by Gasteiger charge is -2.28. The number of nitrogens with zero attached hydrogens (tertiary/aromatic N) is 1. The number of piperidine rings is 1. The summed E-state index contributed by atoms with van der Waals surface area (Å²) < 4.78 is 0. The van der Waals surface area contributed by atoms with Crippen LogP contribution in [0, 0.1) is 17.8 Å². The van der Waals surface area contributed by atoms with Gasteiger partial charge in [0.1, 0.15) is 0 Å². The molecule has 5 nitrogen and oxygen atoms in total.